The van der Waals surface area contributed by atoms with Crippen LogP contribution in [0.25, 0.3) is 0 Å². The summed E-state index contributed by atoms with van der Waals surface area (Å²) in [6, 6.07) is 0.182. The van der Waals surface area contributed by atoms with Crippen molar-refractivity contribution in [1.82, 2.24) is 10.2 Å². The normalized spacial score (nSPS) is 29.0. The molecule has 3 atom stereocenters. The van der Waals surface area contributed by atoms with Crippen LogP contribution in [0.5, 0.6) is 0 Å². The first-order chi connectivity index (χ1) is 9.97. The number of carboxylic acid groups (broad SMARTS) is 1. The Bertz CT molecular complexity index is 378. The van der Waals surface area contributed by atoms with Gasteiger partial charge in [-0.3, -0.25) is 4.79 Å². The summed E-state index contributed by atoms with van der Waals surface area (Å²) < 4.78 is 0. The molecule has 2 fully saturated rings. The molecule has 1 aliphatic heterocycles. The molecular weight excluding hydrogens is 268 g/mol. The van der Waals surface area contributed by atoms with Crippen LogP contribution < -0.4 is 5.32 Å². The van der Waals surface area contributed by atoms with Gasteiger partial charge in [0.25, 0.3) is 0 Å². The molecule has 1 heterocycles. The van der Waals surface area contributed by atoms with E-state index in [4.69, 9.17) is 5.11 Å². The quantitative estimate of drug-likeness (QED) is 0.841. The van der Waals surface area contributed by atoms with Crippen molar-refractivity contribution in [3.8, 4) is 0 Å². The van der Waals surface area contributed by atoms with E-state index in [1.807, 2.05) is 0 Å². The van der Waals surface area contributed by atoms with Crippen molar-refractivity contribution in [3.05, 3.63) is 0 Å². The first-order valence-corrected chi connectivity index (χ1v) is 8.25. The van der Waals surface area contributed by atoms with Crippen LogP contribution >= 0.6 is 0 Å². The molecule has 2 rings (SSSR count). The molecular formula is C16H28N2O3. The van der Waals surface area contributed by atoms with Gasteiger partial charge in [0.1, 0.15) is 0 Å². The highest BCUT2D eigenvalue weighted by Crippen LogP contribution is 2.30. The number of carbonyl (C=O) groups is 2. The largest absolute Gasteiger partial charge is 0.481 e. The second kappa shape index (κ2) is 7.14. The van der Waals surface area contributed by atoms with Gasteiger partial charge in [-0.2, -0.15) is 0 Å². The monoisotopic (exact) mass is 296 g/mol. The van der Waals surface area contributed by atoms with Crippen LogP contribution in [0.3, 0.4) is 0 Å². The summed E-state index contributed by atoms with van der Waals surface area (Å²) in [7, 11) is 0. The van der Waals surface area contributed by atoms with Crippen molar-refractivity contribution in [2.24, 2.45) is 17.8 Å². The van der Waals surface area contributed by atoms with Gasteiger partial charge in [0, 0.05) is 19.1 Å². The lowest BCUT2D eigenvalue weighted by Crippen LogP contribution is -2.50. The number of likely N-dealkylation sites (tertiary alicyclic amines) is 1. The Morgan fingerprint density at radius 3 is 2.43 bits per heavy atom. The molecule has 2 aliphatic rings. The molecule has 2 unspecified atom stereocenters. The van der Waals surface area contributed by atoms with E-state index in [0.717, 1.165) is 5.92 Å². The summed E-state index contributed by atoms with van der Waals surface area (Å²) in [4.78, 5) is 25.0. The van der Waals surface area contributed by atoms with Gasteiger partial charge in [-0.05, 0) is 44.4 Å². The molecule has 2 N–H and O–H groups in total. The molecule has 0 aromatic carbocycles. The third-order valence-electron chi connectivity index (χ3n) is 5.17. The predicted octanol–water partition coefficient (Wildman–Crippen LogP) is 2.71. The van der Waals surface area contributed by atoms with Crippen molar-refractivity contribution < 1.29 is 14.7 Å². The number of urea groups is 1. The zero-order valence-electron chi connectivity index (χ0n) is 13.2. The van der Waals surface area contributed by atoms with Crippen LogP contribution in [-0.2, 0) is 4.79 Å². The number of carbonyl (C=O) groups excluding carboxylic acids is 1. The summed E-state index contributed by atoms with van der Waals surface area (Å²) in [5.41, 5.74) is 0. The number of amides is 2. The highest BCUT2D eigenvalue weighted by Gasteiger charge is 2.29. The number of hydrogen-bond donors (Lipinski definition) is 2. The van der Waals surface area contributed by atoms with Gasteiger partial charge < -0.3 is 15.3 Å². The van der Waals surface area contributed by atoms with Crippen molar-refractivity contribution in [3.63, 3.8) is 0 Å². The van der Waals surface area contributed by atoms with Crippen LogP contribution in [0, 0.1) is 17.8 Å². The standard InChI is InChI=1S/C16H28N2O3/c1-11-4-3-5-14(10-11)12(2)17-16(21)18-8-6-13(7-9-18)15(19)20/h11-14H,3-10H2,1-2H3,(H,17,21)(H,19,20)/t11?,12-,14?/m0/s1. The minimum atomic E-state index is -0.736. The first kappa shape index (κ1) is 16.1. The van der Waals surface area contributed by atoms with E-state index in [9.17, 15) is 9.59 Å². The number of nitrogens with one attached hydrogen (secondary N) is 1. The summed E-state index contributed by atoms with van der Waals surface area (Å²) in [6.07, 6.45) is 6.10. The predicted molar refractivity (Wildman–Crippen MR) is 81.0 cm³/mol. The minimum absolute atomic E-state index is 0.0236. The molecule has 0 aromatic heterocycles. The van der Waals surface area contributed by atoms with E-state index in [2.05, 4.69) is 19.2 Å². The third kappa shape index (κ3) is 4.35. The molecule has 21 heavy (non-hydrogen) atoms. The first-order valence-electron chi connectivity index (χ1n) is 8.25. The van der Waals surface area contributed by atoms with Crippen molar-refractivity contribution in [2.75, 3.05) is 13.1 Å². The van der Waals surface area contributed by atoms with E-state index >= 15 is 0 Å². The maximum atomic E-state index is 12.3. The summed E-state index contributed by atoms with van der Waals surface area (Å²) in [6.45, 7) is 5.50. The molecule has 0 spiro atoms. The van der Waals surface area contributed by atoms with Gasteiger partial charge in [-0.1, -0.05) is 19.8 Å². The summed E-state index contributed by atoms with van der Waals surface area (Å²) >= 11 is 0. The van der Waals surface area contributed by atoms with Gasteiger partial charge in [-0.15, -0.1) is 0 Å². The second-order valence-electron chi connectivity index (χ2n) is 6.87. The molecule has 0 bridgehead atoms. The van der Waals surface area contributed by atoms with Crippen LogP contribution in [0.1, 0.15) is 52.4 Å². The molecule has 1 saturated heterocycles. The van der Waals surface area contributed by atoms with Gasteiger partial charge >= 0.3 is 12.0 Å². The molecule has 1 saturated carbocycles. The fourth-order valence-electron chi connectivity index (χ4n) is 3.67. The number of rotatable bonds is 3. The van der Waals surface area contributed by atoms with E-state index in [0.29, 0.717) is 31.8 Å². The summed E-state index contributed by atoms with van der Waals surface area (Å²) in [5, 5.41) is 12.1. The van der Waals surface area contributed by atoms with E-state index in [1.54, 1.807) is 4.90 Å². The Labute approximate surface area is 127 Å². The van der Waals surface area contributed by atoms with Crippen LogP contribution in [0.2, 0.25) is 0 Å². The van der Waals surface area contributed by atoms with Crippen LogP contribution in [0.15, 0.2) is 0 Å². The number of aliphatic carboxylic acids is 1. The fraction of sp³-hybridized carbons (Fsp3) is 0.875. The average Bonchev–Trinajstić information content (AvgIpc) is 2.47. The molecule has 5 heteroatoms. The van der Waals surface area contributed by atoms with Crippen molar-refractivity contribution >= 4 is 12.0 Å². The van der Waals surface area contributed by atoms with Crippen molar-refractivity contribution in [2.45, 2.75) is 58.4 Å². The van der Waals surface area contributed by atoms with Gasteiger partial charge in [0.15, 0.2) is 0 Å². The molecule has 120 valence electrons. The van der Waals surface area contributed by atoms with Gasteiger partial charge in [-0.25, -0.2) is 4.79 Å². The Morgan fingerprint density at radius 2 is 1.86 bits per heavy atom. The average molecular weight is 296 g/mol. The van der Waals surface area contributed by atoms with Crippen molar-refractivity contribution in [1.29, 1.82) is 0 Å². The maximum absolute atomic E-state index is 12.3. The maximum Gasteiger partial charge on any atom is 0.317 e. The highest BCUT2D eigenvalue weighted by molar-refractivity contribution is 5.75. The second-order valence-corrected chi connectivity index (χ2v) is 6.87. The lowest BCUT2D eigenvalue weighted by atomic mass is 9.79. The molecule has 0 aromatic rings. The Hall–Kier alpha value is -1.26. The lowest BCUT2D eigenvalue weighted by molar-refractivity contribution is -0.143. The molecule has 5 nitrogen and oxygen atoms in total. The number of carboxylic acids is 1. The van der Waals surface area contributed by atoms with E-state index < -0.39 is 5.97 Å². The summed E-state index contributed by atoms with van der Waals surface area (Å²) in [5.74, 6) is 0.314. The topological polar surface area (TPSA) is 69.6 Å². The van der Waals surface area contributed by atoms with Crippen LogP contribution in [-0.4, -0.2) is 41.1 Å². The molecule has 2 amide bonds. The van der Waals surface area contributed by atoms with E-state index in [-0.39, 0.29) is 18.0 Å². The zero-order chi connectivity index (χ0) is 15.4. The Morgan fingerprint density at radius 1 is 1.19 bits per heavy atom. The van der Waals surface area contributed by atoms with Gasteiger partial charge in [0.05, 0.1) is 5.92 Å². The third-order valence-corrected chi connectivity index (χ3v) is 5.17. The molecule has 0 radical (unpaired) electrons. The number of piperidine rings is 1. The van der Waals surface area contributed by atoms with Crippen LogP contribution in [0.4, 0.5) is 4.79 Å². The zero-order valence-corrected chi connectivity index (χ0v) is 13.2. The van der Waals surface area contributed by atoms with E-state index in [1.165, 1.54) is 25.7 Å². The molecule has 1 aliphatic carbocycles. The SMILES string of the molecule is CC1CCCC([C@H](C)NC(=O)N2CCC(C(=O)O)CC2)C1. The Kier molecular flexibility index (Phi) is 5.48. The number of hydrogen-bond acceptors (Lipinski definition) is 2. The highest BCUT2D eigenvalue weighted by atomic mass is 16.4. The smallest absolute Gasteiger partial charge is 0.317 e. The van der Waals surface area contributed by atoms with Gasteiger partial charge in [0.2, 0.25) is 0 Å². The number of nitrogens with zero attached hydrogens (tertiary/aromatic N) is 1. The minimum Gasteiger partial charge on any atom is -0.481 e. The Balaban J connectivity index is 1.77. The lowest BCUT2D eigenvalue weighted by Gasteiger charge is -2.35. The fourth-order valence-corrected chi connectivity index (χ4v) is 3.67.